The van der Waals surface area contributed by atoms with Crippen LogP contribution >= 0.6 is 0 Å². The van der Waals surface area contributed by atoms with E-state index in [9.17, 15) is 14.7 Å². The maximum atomic E-state index is 12.4. The van der Waals surface area contributed by atoms with Crippen LogP contribution in [0.2, 0.25) is 0 Å². The Morgan fingerprint density at radius 1 is 1.11 bits per heavy atom. The minimum Gasteiger partial charge on any atom is -0.431 e. The Morgan fingerprint density at radius 2 is 1.96 bits per heavy atom. The van der Waals surface area contributed by atoms with Gasteiger partial charge in [0.1, 0.15) is 6.29 Å². The summed E-state index contributed by atoms with van der Waals surface area (Å²) in [6, 6.07) is 3.36. The smallest absolute Gasteiger partial charge is 0.335 e. The van der Waals surface area contributed by atoms with Crippen molar-refractivity contribution in [2.75, 3.05) is 0 Å². The van der Waals surface area contributed by atoms with Gasteiger partial charge in [-0.15, -0.1) is 0 Å². The molecule has 4 nitrogen and oxygen atoms in total. The Morgan fingerprint density at radius 3 is 2.71 bits per heavy atom. The van der Waals surface area contributed by atoms with Crippen LogP contribution in [0.25, 0.3) is 0 Å². The molecule has 0 radical (unpaired) electrons. The Kier molecular flexibility index (Phi) is 4.04. The molecule has 1 aromatic heterocycles. The zero-order valence-electron chi connectivity index (χ0n) is 16.6. The minimum atomic E-state index is -0.751. The number of carbonyl (C=O) groups is 1. The van der Waals surface area contributed by atoms with Gasteiger partial charge in [-0.05, 0) is 86.7 Å². The van der Waals surface area contributed by atoms with E-state index in [1.165, 1.54) is 12.4 Å². The van der Waals surface area contributed by atoms with E-state index < -0.39 is 5.60 Å². The lowest BCUT2D eigenvalue weighted by atomic mass is 9.44. The largest absolute Gasteiger partial charge is 0.431 e. The summed E-state index contributed by atoms with van der Waals surface area (Å²) in [5.74, 6) is 0.992. The van der Waals surface area contributed by atoms with Gasteiger partial charge in [0.2, 0.25) is 0 Å². The SMILES string of the molecule is C[C@]12CC[C@H]3[C@@H](CC[C@@H]4C=CCC[C@]43C=O)[C@@]1(O)CC[C@@H]2c1ccc(=O)oc1. The summed E-state index contributed by atoms with van der Waals surface area (Å²) in [7, 11) is 0. The van der Waals surface area contributed by atoms with Gasteiger partial charge in [0, 0.05) is 16.9 Å². The number of hydrogen-bond acceptors (Lipinski definition) is 4. The van der Waals surface area contributed by atoms with E-state index in [1.807, 2.05) is 6.07 Å². The van der Waals surface area contributed by atoms with Gasteiger partial charge >= 0.3 is 5.63 Å². The van der Waals surface area contributed by atoms with Crippen LogP contribution in [0.3, 0.4) is 0 Å². The van der Waals surface area contributed by atoms with Crippen molar-refractivity contribution < 1.29 is 14.3 Å². The number of allylic oxidation sites excluding steroid dienone is 2. The molecule has 0 unspecified atom stereocenters. The molecule has 0 amide bonds. The van der Waals surface area contributed by atoms with E-state index >= 15 is 0 Å². The fraction of sp³-hybridized carbons (Fsp3) is 0.667. The average molecular weight is 383 g/mol. The van der Waals surface area contributed by atoms with Crippen molar-refractivity contribution in [2.24, 2.45) is 28.6 Å². The molecule has 3 fully saturated rings. The number of rotatable bonds is 2. The lowest BCUT2D eigenvalue weighted by Gasteiger charge is -2.61. The first-order valence-electron chi connectivity index (χ1n) is 10.9. The van der Waals surface area contributed by atoms with Crippen molar-refractivity contribution in [2.45, 2.75) is 69.8 Å². The lowest BCUT2D eigenvalue weighted by Crippen LogP contribution is -2.62. The van der Waals surface area contributed by atoms with Crippen molar-refractivity contribution in [3.8, 4) is 0 Å². The number of aldehydes is 1. The first-order valence-corrected chi connectivity index (χ1v) is 10.9. The van der Waals surface area contributed by atoms with Crippen LogP contribution in [-0.2, 0) is 4.79 Å². The highest BCUT2D eigenvalue weighted by Crippen LogP contribution is 2.69. The molecule has 0 aromatic carbocycles. The molecule has 1 N–H and O–H groups in total. The van der Waals surface area contributed by atoms with Crippen molar-refractivity contribution in [1.82, 2.24) is 0 Å². The number of hydrogen-bond donors (Lipinski definition) is 1. The zero-order chi connectivity index (χ0) is 19.6. The molecule has 0 saturated heterocycles. The molecule has 4 heteroatoms. The van der Waals surface area contributed by atoms with Crippen LogP contribution in [0.4, 0.5) is 0 Å². The molecule has 5 rings (SSSR count). The van der Waals surface area contributed by atoms with E-state index in [0.29, 0.717) is 5.92 Å². The van der Waals surface area contributed by atoms with Crippen LogP contribution in [0.5, 0.6) is 0 Å². The Balaban J connectivity index is 1.53. The highest BCUT2D eigenvalue weighted by atomic mass is 16.4. The van der Waals surface area contributed by atoms with Gasteiger partial charge in [-0.25, -0.2) is 4.79 Å². The third kappa shape index (κ3) is 2.21. The Bertz CT molecular complexity index is 851. The molecule has 28 heavy (non-hydrogen) atoms. The molecule has 4 aliphatic rings. The number of fused-ring (bicyclic) bond motifs is 5. The first kappa shape index (κ1) is 18.4. The molecule has 0 aliphatic heterocycles. The van der Waals surface area contributed by atoms with E-state index in [0.717, 1.165) is 56.9 Å². The fourth-order valence-electron chi connectivity index (χ4n) is 7.82. The summed E-state index contributed by atoms with van der Waals surface area (Å²) in [6.07, 6.45) is 14.8. The Hall–Kier alpha value is -1.68. The van der Waals surface area contributed by atoms with Crippen molar-refractivity contribution in [3.05, 3.63) is 46.5 Å². The van der Waals surface area contributed by atoms with Crippen LogP contribution in [0.1, 0.15) is 69.8 Å². The maximum Gasteiger partial charge on any atom is 0.335 e. The summed E-state index contributed by atoms with van der Waals surface area (Å²) in [6.45, 7) is 2.23. The average Bonchev–Trinajstić information content (AvgIpc) is 3.00. The van der Waals surface area contributed by atoms with Gasteiger partial charge in [0.05, 0.1) is 11.9 Å². The normalized spacial score (nSPS) is 47.1. The van der Waals surface area contributed by atoms with Gasteiger partial charge in [0.25, 0.3) is 0 Å². The van der Waals surface area contributed by atoms with Crippen molar-refractivity contribution in [1.29, 1.82) is 0 Å². The zero-order valence-corrected chi connectivity index (χ0v) is 16.6. The second kappa shape index (κ2) is 6.16. The van der Waals surface area contributed by atoms with E-state index in [-0.39, 0.29) is 34.2 Å². The van der Waals surface area contributed by atoms with Gasteiger partial charge in [-0.1, -0.05) is 19.1 Å². The second-order valence-corrected chi connectivity index (χ2v) is 9.95. The highest BCUT2D eigenvalue weighted by molar-refractivity contribution is 5.62. The first-order chi connectivity index (χ1) is 13.4. The topological polar surface area (TPSA) is 67.5 Å². The summed E-state index contributed by atoms with van der Waals surface area (Å²) >= 11 is 0. The standard InChI is InChI=1S/C24H30O4/c1-22-12-9-19-20(7-6-17-4-2-3-11-23(17,19)15-25)24(22,27)13-10-18(22)16-5-8-21(26)28-14-16/h2,4-5,8,14-15,17-20,27H,3,6-7,9-13H2,1H3/t17-,18+,19-,20+,22+,23-,24-/m0/s1. The van der Waals surface area contributed by atoms with Gasteiger partial charge < -0.3 is 14.3 Å². The third-order valence-electron chi connectivity index (χ3n) is 9.27. The predicted octanol–water partition coefficient (Wildman–Crippen LogP) is 4.23. The monoisotopic (exact) mass is 382 g/mol. The number of carbonyl (C=O) groups excluding carboxylic acids is 1. The molecule has 150 valence electrons. The minimum absolute atomic E-state index is 0.180. The van der Waals surface area contributed by atoms with Crippen LogP contribution in [-0.4, -0.2) is 17.0 Å². The number of aliphatic hydroxyl groups is 1. The molecule has 1 heterocycles. The second-order valence-electron chi connectivity index (χ2n) is 9.95. The maximum absolute atomic E-state index is 12.4. The van der Waals surface area contributed by atoms with Crippen molar-refractivity contribution in [3.63, 3.8) is 0 Å². The highest BCUT2D eigenvalue weighted by Gasteiger charge is 2.67. The van der Waals surface area contributed by atoms with Crippen molar-refractivity contribution >= 4 is 6.29 Å². The quantitative estimate of drug-likeness (QED) is 0.614. The molecular weight excluding hydrogens is 352 g/mol. The molecule has 0 spiro atoms. The van der Waals surface area contributed by atoms with Crippen LogP contribution < -0.4 is 5.63 Å². The molecular formula is C24H30O4. The van der Waals surface area contributed by atoms with E-state index in [4.69, 9.17) is 4.42 Å². The van der Waals surface area contributed by atoms with E-state index in [1.54, 1.807) is 6.26 Å². The van der Waals surface area contributed by atoms with Crippen LogP contribution in [0, 0.1) is 28.6 Å². The molecule has 1 aromatic rings. The molecule has 3 saturated carbocycles. The molecule has 4 aliphatic carbocycles. The summed E-state index contributed by atoms with van der Waals surface area (Å²) in [5.41, 5.74) is -0.584. The third-order valence-corrected chi connectivity index (χ3v) is 9.27. The molecule has 7 atom stereocenters. The van der Waals surface area contributed by atoms with Gasteiger partial charge in [0.15, 0.2) is 0 Å². The predicted molar refractivity (Wildman–Crippen MR) is 106 cm³/mol. The van der Waals surface area contributed by atoms with Gasteiger partial charge in [-0.2, -0.15) is 0 Å². The Labute approximate surface area is 166 Å². The van der Waals surface area contributed by atoms with E-state index in [2.05, 4.69) is 19.1 Å². The lowest BCUT2D eigenvalue weighted by molar-refractivity contribution is -0.194. The van der Waals surface area contributed by atoms with Gasteiger partial charge in [-0.3, -0.25) is 0 Å². The summed E-state index contributed by atoms with van der Waals surface area (Å²) in [4.78, 5) is 23.8. The summed E-state index contributed by atoms with van der Waals surface area (Å²) < 4.78 is 5.15. The molecule has 0 bridgehead atoms. The fourth-order valence-corrected chi connectivity index (χ4v) is 7.82. The van der Waals surface area contributed by atoms with Crippen LogP contribution in [0.15, 0.2) is 39.8 Å². The summed E-state index contributed by atoms with van der Waals surface area (Å²) in [5, 5.41) is 12.1.